The van der Waals surface area contributed by atoms with Gasteiger partial charge in [-0.1, -0.05) is 30.3 Å². The van der Waals surface area contributed by atoms with Crippen LogP contribution >= 0.6 is 0 Å². The molecule has 29 heavy (non-hydrogen) atoms. The molecule has 4 rings (SSSR count). The average molecular weight is 388 g/mol. The van der Waals surface area contributed by atoms with E-state index < -0.39 is 0 Å². The van der Waals surface area contributed by atoms with E-state index in [2.05, 4.69) is 21.3 Å². The van der Waals surface area contributed by atoms with Gasteiger partial charge < -0.3 is 10.2 Å². The summed E-state index contributed by atoms with van der Waals surface area (Å²) in [5.41, 5.74) is 3.08. The number of carbonyl (C=O) groups excluding carboxylic acids is 1. The maximum atomic E-state index is 13.0. The number of carbonyl (C=O) groups is 1. The van der Waals surface area contributed by atoms with Gasteiger partial charge in [-0.2, -0.15) is 5.26 Å². The highest BCUT2D eigenvalue weighted by molar-refractivity contribution is 5.92. The van der Waals surface area contributed by atoms with Gasteiger partial charge in [-0.15, -0.1) is 0 Å². The molecular weight excluding hydrogens is 367 g/mol. The minimum absolute atomic E-state index is 0.0336. The Labute approximate surface area is 168 Å². The van der Waals surface area contributed by atoms with Gasteiger partial charge in [0.25, 0.3) is 0 Å². The van der Waals surface area contributed by atoms with Crippen LogP contribution in [-0.4, -0.2) is 24.0 Å². The third-order valence-electron chi connectivity index (χ3n) is 5.40. The lowest BCUT2D eigenvalue weighted by Crippen LogP contribution is -2.40. The third-order valence-corrected chi connectivity index (χ3v) is 5.40. The summed E-state index contributed by atoms with van der Waals surface area (Å²) in [4.78, 5) is 19.1. The summed E-state index contributed by atoms with van der Waals surface area (Å²) in [6.07, 6.45) is 1.49. The SMILES string of the molecule is N#Cc1cc(N2CCC(C(=O)NCc3ccc(F)cc3)CC2)c2ccccc2n1. The predicted octanol–water partition coefficient (Wildman–Crippen LogP) is 3.78. The molecule has 146 valence electrons. The van der Waals surface area contributed by atoms with Crippen LogP contribution in [-0.2, 0) is 11.3 Å². The van der Waals surface area contributed by atoms with Crippen molar-refractivity contribution < 1.29 is 9.18 Å². The Morgan fingerprint density at radius 3 is 2.62 bits per heavy atom. The fourth-order valence-electron chi connectivity index (χ4n) is 3.79. The molecule has 0 saturated carbocycles. The summed E-state index contributed by atoms with van der Waals surface area (Å²) >= 11 is 0. The van der Waals surface area contributed by atoms with Crippen molar-refractivity contribution in [2.24, 2.45) is 5.92 Å². The van der Waals surface area contributed by atoms with Crippen LogP contribution < -0.4 is 10.2 Å². The smallest absolute Gasteiger partial charge is 0.223 e. The number of hydrogen-bond donors (Lipinski definition) is 1. The van der Waals surface area contributed by atoms with E-state index in [-0.39, 0.29) is 17.6 Å². The van der Waals surface area contributed by atoms with Crippen molar-refractivity contribution in [1.29, 1.82) is 5.26 Å². The number of nitriles is 1. The molecule has 0 aliphatic carbocycles. The standard InChI is InChI=1S/C23H21FN4O/c24-18-7-5-16(6-8-18)15-26-23(29)17-9-11-28(12-10-17)22-13-19(14-25)27-21-4-2-1-3-20(21)22/h1-8,13,17H,9-12,15H2,(H,26,29). The summed E-state index contributed by atoms with van der Waals surface area (Å²) in [5, 5.41) is 13.3. The van der Waals surface area contributed by atoms with Crippen LogP contribution in [0.25, 0.3) is 10.9 Å². The number of hydrogen-bond acceptors (Lipinski definition) is 4. The number of para-hydroxylation sites is 1. The molecule has 1 aromatic heterocycles. The summed E-state index contributed by atoms with van der Waals surface area (Å²) in [6, 6.07) is 17.9. The van der Waals surface area contributed by atoms with Crippen molar-refractivity contribution in [3.8, 4) is 6.07 Å². The van der Waals surface area contributed by atoms with Crippen molar-refractivity contribution in [2.45, 2.75) is 19.4 Å². The van der Waals surface area contributed by atoms with Gasteiger partial charge in [0.1, 0.15) is 17.6 Å². The van der Waals surface area contributed by atoms with E-state index in [1.165, 1.54) is 12.1 Å². The molecule has 6 heteroatoms. The molecule has 1 aliphatic rings. The lowest BCUT2D eigenvalue weighted by Gasteiger charge is -2.33. The fraction of sp³-hybridized carbons (Fsp3) is 0.261. The lowest BCUT2D eigenvalue weighted by molar-refractivity contribution is -0.125. The zero-order chi connectivity index (χ0) is 20.2. The van der Waals surface area contributed by atoms with Gasteiger partial charge in [0.15, 0.2) is 0 Å². The normalized spacial score (nSPS) is 14.6. The second-order valence-corrected chi connectivity index (χ2v) is 7.26. The van der Waals surface area contributed by atoms with Crippen LogP contribution in [0.5, 0.6) is 0 Å². The second kappa shape index (κ2) is 8.27. The molecular formula is C23H21FN4O. The molecule has 0 bridgehead atoms. The maximum Gasteiger partial charge on any atom is 0.223 e. The molecule has 0 spiro atoms. The number of halogens is 1. The number of rotatable bonds is 4. The van der Waals surface area contributed by atoms with Crippen LogP contribution in [0.15, 0.2) is 54.6 Å². The summed E-state index contributed by atoms with van der Waals surface area (Å²) in [5.74, 6) is -0.294. The molecule has 2 aromatic carbocycles. The van der Waals surface area contributed by atoms with Gasteiger partial charge in [0, 0.05) is 36.6 Å². The highest BCUT2D eigenvalue weighted by Crippen LogP contribution is 2.30. The Bertz CT molecular complexity index is 1070. The van der Waals surface area contributed by atoms with Gasteiger partial charge in [0.2, 0.25) is 5.91 Å². The van der Waals surface area contributed by atoms with E-state index in [1.54, 1.807) is 12.1 Å². The van der Waals surface area contributed by atoms with Crippen molar-refractivity contribution in [1.82, 2.24) is 10.3 Å². The predicted molar refractivity (Wildman–Crippen MR) is 110 cm³/mol. The molecule has 0 radical (unpaired) electrons. The zero-order valence-electron chi connectivity index (χ0n) is 15.9. The maximum absolute atomic E-state index is 13.0. The first-order valence-corrected chi connectivity index (χ1v) is 9.71. The van der Waals surface area contributed by atoms with E-state index in [1.807, 2.05) is 30.3 Å². The van der Waals surface area contributed by atoms with Crippen molar-refractivity contribution in [3.05, 3.63) is 71.7 Å². The highest BCUT2D eigenvalue weighted by atomic mass is 19.1. The number of fused-ring (bicyclic) bond motifs is 1. The van der Waals surface area contributed by atoms with Crippen LogP contribution in [0.3, 0.4) is 0 Å². The second-order valence-electron chi connectivity index (χ2n) is 7.26. The van der Waals surface area contributed by atoms with E-state index in [4.69, 9.17) is 0 Å². The number of piperidine rings is 1. The number of benzene rings is 2. The molecule has 2 heterocycles. The minimum atomic E-state index is -0.282. The Morgan fingerprint density at radius 2 is 1.90 bits per heavy atom. The van der Waals surface area contributed by atoms with E-state index in [0.29, 0.717) is 12.2 Å². The Hall–Kier alpha value is -3.46. The Kier molecular flexibility index (Phi) is 5.39. The molecule has 5 nitrogen and oxygen atoms in total. The third kappa shape index (κ3) is 4.19. The molecule has 0 atom stereocenters. The molecule has 1 N–H and O–H groups in total. The van der Waals surface area contributed by atoms with Gasteiger partial charge in [-0.05, 0) is 42.7 Å². The monoisotopic (exact) mass is 388 g/mol. The Morgan fingerprint density at radius 1 is 1.17 bits per heavy atom. The number of nitrogens with zero attached hydrogens (tertiary/aromatic N) is 3. The topological polar surface area (TPSA) is 69.0 Å². The summed E-state index contributed by atoms with van der Waals surface area (Å²) in [6.45, 7) is 1.89. The molecule has 3 aromatic rings. The first-order valence-electron chi connectivity index (χ1n) is 9.71. The van der Waals surface area contributed by atoms with Gasteiger partial charge in [-0.3, -0.25) is 4.79 Å². The quantitative estimate of drug-likeness (QED) is 0.739. The van der Waals surface area contributed by atoms with Gasteiger partial charge in [0.05, 0.1) is 5.52 Å². The zero-order valence-corrected chi connectivity index (χ0v) is 15.9. The number of anilines is 1. The molecule has 1 amide bonds. The van der Waals surface area contributed by atoms with Crippen LogP contribution in [0, 0.1) is 23.1 Å². The van der Waals surface area contributed by atoms with E-state index >= 15 is 0 Å². The summed E-state index contributed by atoms with van der Waals surface area (Å²) < 4.78 is 13.0. The number of amides is 1. The number of pyridine rings is 1. The van der Waals surface area contributed by atoms with Crippen molar-refractivity contribution in [3.63, 3.8) is 0 Å². The Balaban J connectivity index is 1.40. The molecule has 1 saturated heterocycles. The first-order chi connectivity index (χ1) is 14.1. The van der Waals surface area contributed by atoms with E-state index in [0.717, 1.165) is 48.1 Å². The molecule has 1 aliphatic heterocycles. The average Bonchev–Trinajstić information content (AvgIpc) is 2.78. The van der Waals surface area contributed by atoms with Gasteiger partial charge in [-0.25, -0.2) is 9.37 Å². The molecule has 1 fully saturated rings. The van der Waals surface area contributed by atoms with Crippen molar-refractivity contribution >= 4 is 22.5 Å². The fourth-order valence-corrected chi connectivity index (χ4v) is 3.79. The van der Waals surface area contributed by atoms with Crippen molar-refractivity contribution in [2.75, 3.05) is 18.0 Å². The molecule has 0 unspecified atom stereocenters. The lowest BCUT2D eigenvalue weighted by atomic mass is 9.95. The number of nitrogens with one attached hydrogen (secondary N) is 1. The number of aromatic nitrogens is 1. The highest BCUT2D eigenvalue weighted by Gasteiger charge is 2.26. The van der Waals surface area contributed by atoms with Crippen LogP contribution in [0.1, 0.15) is 24.1 Å². The first kappa shape index (κ1) is 18.9. The largest absolute Gasteiger partial charge is 0.371 e. The van der Waals surface area contributed by atoms with Crippen LogP contribution in [0.4, 0.5) is 10.1 Å². The van der Waals surface area contributed by atoms with Gasteiger partial charge >= 0.3 is 0 Å². The van der Waals surface area contributed by atoms with Crippen LogP contribution in [0.2, 0.25) is 0 Å². The minimum Gasteiger partial charge on any atom is -0.371 e. The van der Waals surface area contributed by atoms with E-state index in [9.17, 15) is 14.4 Å². The summed E-state index contributed by atoms with van der Waals surface area (Å²) in [7, 11) is 0.